The third-order valence-electron chi connectivity index (χ3n) is 2.82. The minimum absolute atomic E-state index is 0.451. The fourth-order valence-corrected chi connectivity index (χ4v) is 1.98. The van der Waals surface area contributed by atoms with Crippen LogP contribution in [-0.2, 0) is 6.42 Å². The number of primary amides is 1. The number of carbonyl (C=O) groups is 1. The van der Waals surface area contributed by atoms with Gasteiger partial charge in [-0.1, -0.05) is 41.9 Å². The van der Waals surface area contributed by atoms with Gasteiger partial charge in [0.15, 0.2) is 0 Å². The van der Waals surface area contributed by atoms with Crippen molar-refractivity contribution >= 4 is 23.2 Å². The molecule has 0 heterocycles. The summed E-state index contributed by atoms with van der Waals surface area (Å²) in [5.74, 6) is -0.456. The summed E-state index contributed by atoms with van der Waals surface area (Å²) in [7, 11) is 0. The van der Waals surface area contributed by atoms with Gasteiger partial charge in [0.2, 0.25) is 5.91 Å². The Bertz CT molecular complexity index is 570. The summed E-state index contributed by atoms with van der Waals surface area (Å²) in [6.07, 6.45) is 0.887. The van der Waals surface area contributed by atoms with Crippen LogP contribution in [0.2, 0.25) is 5.02 Å². The van der Waals surface area contributed by atoms with E-state index >= 15 is 0 Å². The van der Waals surface area contributed by atoms with E-state index in [1.54, 1.807) is 18.2 Å². The van der Waals surface area contributed by atoms with Gasteiger partial charge in [-0.15, -0.1) is 0 Å². The zero-order chi connectivity index (χ0) is 13.7. The standard InChI is InChI=1S/C15H15ClN2O/c16-13-7-6-12(15(17)19)10-14(13)18-9-8-11-4-2-1-3-5-11/h1-7,10,18H,8-9H2,(H2,17,19). The van der Waals surface area contributed by atoms with E-state index < -0.39 is 5.91 Å². The van der Waals surface area contributed by atoms with Crippen molar-refractivity contribution < 1.29 is 4.79 Å². The molecule has 19 heavy (non-hydrogen) atoms. The van der Waals surface area contributed by atoms with E-state index in [1.165, 1.54) is 5.56 Å². The molecule has 0 unspecified atom stereocenters. The predicted molar refractivity (Wildman–Crippen MR) is 78.6 cm³/mol. The molecule has 3 N–H and O–H groups in total. The average molecular weight is 275 g/mol. The normalized spacial score (nSPS) is 10.2. The van der Waals surface area contributed by atoms with Gasteiger partial charge in [0.25, 0.3) is 0 Å². The highest BCUT2D eigenvalue weighted by molar-refractivity contribution is 6.33. The Kier molecular flexibility index (Phi) is 4.42. The van der Waals surface area contributed by atoms with E-state index in [1.807, 2.05) is 18.2 Å². The van der Waals surface area contributed by atoms with E-state index in [-0.39, 0.29) is 0 Å². The number of hydrogen-bond donors (Lipinski definition) is 2. The molecule has 0 spiro atoms. The number of rotatable bonds is 5. The molecule has 1 amide bonds. The minimum Gasteiger partial charge on any atom is -0.383 e. The number of benzene rings is 2. The highest BCUT2D eigenvalue weighted by Crippen LogP contribution is 2.22. The Balaban J connectivity index is 1.99. The van der Waals surface area contributed by atoms with Gasteiger partial charge in [0.1, 0.15) is 0 Å². The Morgan fingerprint density at radius 2 is 1.89 bits per heavy atom. The fourth-order valence-electron chi connectivity index (χ4n) is 1.80. The molecule has 0 saturated heterocycles. The first-order valence-electron chi connectivity index (χ1n) is 6.04. The van der Waals surface area contributed by atoms with Crippen molar-refractivity contribution in [2.24, 2.45) is 5.73 Å². The van der Waals surface area contributed by atoms with Gasteiger partial charge in [-0.3, -0.25) is 4.79 Å². The molecule has 0 aliphatic heterocycles. The third kappa shape index (κ3) is 3.73. The number of amides is 1. The lowest BCUT2D eigenvalue weighted by molar-refractivity contribution is 0.100. The first-order valence-corrected chi connectivity index (χ1v) is 6.42. The SMILES string of the molecule is NC(=O)c1ccc(Cl)c(NCCc2ccccc2)c1. The Hall–Kier alpha value is -2.00. The van der Waals surface area contributed by atoms with Crippen LogP contribution < -0.4 is 11.1 Å². The van der Waals surface area contributed by atoms with Crippen LogP contribution in [0.3, 0.4) is 0 Å². The zero-order valence-electron chi connectivity index (χ0n) is 10.4. The molecular weight excluding hydrogens is 260 g/mol. The Morgan fingerprint density at radius 3 is 2.58 bits per heavy atom. The number of hydrogen-bond acceptors (Lipinski definition) is 2. The maximum absolute atomic E-state index is 11.1. The number of anilines is 1. The van der Waals surface area contributed by atoms with Crippen molar-refractivity contribution in [2.75, 3.05) is 11.9 Å². The second kappa shape index (κ2) is 6.25. The summed E-state index contributed by atoms with van der Waals surface area (Å²) in [6.45, 7) is 0.742. The third-order valence-corrected chi connectivity index (χ3v) is 3.15. The van der Waals surface area contributed by atoms with Crippen molar-refractivity contribution in [1.82, 2.24) is 0 Å². The van der Waals surface area contributed by atoms with Gasteiger partial charge >= 0.3 is 0 Å². The van der Waals surface area contributed by atoms with E-state index in [0.717, 1.165) is 18.7 Å². The van der Waals surface area contributed by atoms with Gasteiger partial charge in [0.05, 0.1) is 10.7 Å². The van der Waals surface area contributed by atoms with E-state index in [4.69, 9.17) is 17.3 Å². The average Bonchev–Trinajstić information content (AvgIpc) is 2.42. The molecule has 0 bridgehead atoms. The molecule has 3 nitrogen and oxygen atoms in total. The van der Waals surface area contributed by atoms with E-state index in [9.17, 15) is 4.79 Å². The zero-order valence-corrected chi connectivity index (χ0v) is 11.2. The van der Waals surface area contributed by atoms with Crippen LogP contribution in [0, 0.1) is 0 Å². The lowest BCUT2D eigenvalue weighted by Gasteiger charge is -2.09. The van der Waals surface area contributed by atoms with Gasteiger partial charge in [0, 0.05) is 12.1 Å². The van der Waals surface area contributed by atoms with Crippen LogP contribution >= 0.6 is 11.6 Å². The second-order valence-corrected chi connectivity index (χ2v) is 4.63. The van der Waals surface area contributed by atoms with Crippen LogP contribution in [0.1, 0.15) is 15.9 Å². The van der Waals surface area contributed by atoms with E-state index in [2.05, 4.69) is 17.4 Å². The number of carbonyl (C=O) groups excluding carboxylic acids is 1. The maximum atomic E-state index is 11.1. The second-order valence-electron chi connectivity index (χ2n) is 4.22. The maximum Gasteiger partial charge on any atom is 0.248 e. The molecule has 0 saturated carbocycles. The van der Waals surface area contributed by atoms with Gasteiger partial charge in [-0.25, -0.2) is 0 Å². The summed E-state index contributed by atoms with van der Waals surface area (Å²) in [5, 5.41) is 3.80. The molecule has 0 aliphatic rings. The van der Waals surface area contributed by atoms with Crippen molar-refractivity contribution in [1.29, 1.82) is 0 Å². The quantitative estimate of drug-likeness (QED) is 0.880. The van der Waals surface area contributed by atoms with Crippen molar-refractivity contribution in [2.45, 2.75) is 6.42 Å². The van der Waals surface area contributed by atoms with Crippen LogP contribution in [0.4, 0.5) is 5.69 Å². The first-order chi connectivity index (χ1) is 9.16. The molecule has 4 heteroatoms. The molecule has 98 valence electrons. The summed E-state index contributed by atoms with van der Waals surface area (Å²) in [6, 6.07) is 15.1. The highest BCUT2D eigenvalue weighted by atomic mass is 35.5. The number of nitrogens with one attached hydrogen (secondary N) is 1. The predicted octanol–water partition coefficient (Wildman–Crippen LogP) is 3.09. The lowest BCUT2D eigenvalue weighted by atomic mass is 10.1. The molecule has 0 radical (unpaired) electrons. The van der Waals surface area contributed by atoms with Crippen molar-refractivity contribution in [3.8, 4) is 0 Å². The highest BCUT2D eigenvalue weighted by Gasteiger charge is 2.05. The molecular formula is C15H15ClN2O. The van der Waals surface area contributed by atoms with Gasteiger partial charge < -0.3 is 11.1 Å². The molecule has 2 rings (SSSR count). The monoisotopic (exact) mass is 274 g/mol. The lowest BCUT2D eigenvalue weighted by Crippen LogP contribution is -2.12. The van der Waals surface area contributed by atoms with Gasteiger partial charge in [-0.2, -0.15) is 0 Å². The van der Waals surface area contributed by atoms with Crippen LogP contribution in [0.25, 0.3) is 0 Å². The molecule has 2 aromatic rings. The molecule has 0 atom stereocenters. The largest absolute Gasteiger partial charge is 0.383 e. The van der Waals surface area contributed by atoms with Gasteiger partial charge in [-0.05, 0) is 30.2 Å². The smallest absolute Gasteiger partial charge is 0.248 e. The fraction of sp³-hybridized carbons (Fsp3) is 0.133. The molecule has 0 aliphatic carbocycles. The van der Waals surface area contributed by atoms with Crippen LogP contribution in [-0.4, -0.2) is 12.5 Å². The summed E-state index contributed by atoms with van der Waals surface area (Å²) >= 11 is 6.07. The molecule has 0 aromatic heterocycles. The van der Waals surface area contributed by atoms with Crippen LogP contribution in [0.5, 0.6) is 0 Å². The summed E-state index contributed by atoms with van der Waals surface area (Å²) < 4.78 is 0. The molecule has 0 fully saturated rings. The first kappa shape index (κ1) is 13.4. The summed E-state index contributed by atoms with van der Waals surface area (Å²) in [4.78, 5) is 11.1. The van der Waals surface area contributed by atoms with E-state index in [0.29, 0.717) is 10.6 Å². The number of halogens is 1. The Morgan fingerprint density at radius 1 is 1.16 bits per heavy atom. The topological polar surface area (TPSA) is 55.1 Å². The molecule has 2 aromatic carbocycles. The van der Waals surface area contributed by atoms with Crippen LogP contribution in [0.15, 0.2) is 48.5 Å². The van der Waals surface area contributed by atoms with Crippen molar-refractivity contribution in [3.63, 3.8) is 0 Å². The van der Waals surface area contributed by atoms with Crippen molar-refractivity contribution in [3.05, 3.63) is 64.7 Å². The minimum atomic E-state index is -0.456. The Labute approximate surface area is 117 Å². The number of nitrogens with two attached hydrogens (primary N) is 1. The summed E-state index contributed by atoms with van der Waals surface area (Å²) in [5.41, 5.74) is 7.67.